The van der Waals surface area contributed by atoms with Crippen molar-refractivity contribution in [3.63, 3.8) is 0 Å². The summed E-state index contributed by atoms with van der Waals surface area (Å²) in [7, 11) is 0. The number of halogens is 1. The van der Waals surface area contributed by atoms with Crippen molar-refractivity contribution in [2.45, 2.75) is 31.2 Å². The number of pyridine rings is 1. The number of carbonyl (C=O) groups excluding carboxylic acids is 1. The van der Waals surface area contributed by atoms with Gasteiger partial charge in [-0.3, -0.25) is 9.59 Å². The second-order valence-corrected chi connectivity index (χ2v) is 4.76. The Morgan fingerprint density at radius 3 is 2.76 bits per heavy atom. The highest BCUT2D eigenvalue weighted by Crippen LogP contribution is 2.30. The van der Waals surface area contributed by atoms with Gasteiger partial charge in [-0.15, -0.1) is 11.6 Å². The fourth-order valence-corrected chi connectivity index (χ4v) is 2.58. The van der Waals surface area contributed by atoms with Gasteiger partial charge < -0.3 is 10.3 Å². The first-order valence-corrected chi connectivity index (χ1v) is 6.26. The second kappa shape index (κ2) is 4.92. The van der Waals surface area contributed by atoms with Crippen LogP contribution in [0.1, 0.15) is 36.0 Å². The standard InChI is InChI=1S/C12H15ClN2O2/c13-8-12(4-1-2-5-12)15-11(17)9-7-14-6-3-10(9)16/h3,6-7H,1-2,4-5,8H2,(H,14,16)(H,15,17). The zero-order valence-electron chi connectivity index (χ0n) is 9.46. The van der Waals surface area contributed by atoms with Crippen molar-refractivity contribution in [2.75, 3.05) is 5.88 Å². The van der Waals surface area contributed by atoms with Crippen molar-refractivity contribution in [1.29, 1.82) is 0 Å². The van der Waals surface area contributed by atoms with Crippen LogP contribution in [-0.4, -0.2) is 22.3 Å². The number of aromatic nitrogens is 1. The number of aromatic amines is 1. The number of hydrogen-bond donors (Lipinski definition) is 2. The smallest absolute Gasteiger partial charge is 0.257 e. The van der Waals surface area contributed by atoms with Crippen LogP contribution in [0.25, 0.3) is 0 Å². The molecule has 0 saturated heterocycles. The molecule has 4 nitrogen and oxygen atoms in total. The molecule has 1 aromatic heterocycles. The van der Waals surface area contributed by atoms with E-state index in [0.29, 0.717) is 5.88 Å². The van der Waals surface area contributed by atoms with Crippen LogP contribution in [0.5, 0.6) is 0 Å². The minimum absolute atomic E-state index is 0.142. The van der Waals surface area contributed by atoms with Gasteiger partial charge in [0.05, 0.1) is 5.54 Å². The minimum atomic E-state index is -0.339. The molecule has 2 rings (SSSR count). The Hall–Kier alpha value is -1.29. The quantitative estimate of drug-likeness (QED) is 0.806. The third kappa shape index (κ3) is 2.52. The van der Waals surface area contributed by atoms with Crippen molar-refractivity contribution in [3.05, 3.63) is 34.2 Å². The van der Waals surface area contributed by atoms with Crippen molar-refractivity contribution >= 4 is 17.5 Å². The van der Waals surface area contributed by atoms with Gasteiger partial charge in [0, 0.05) is 24.3 Å². The maximum atomic E-state index is 12.0. The van der Waals surface area contributed by atoms with E-state index in [-0.39, 0.29) is 22.4 Å². The largest absolute Gasteiger partial charge is 0.367 e. The van der Waals surface area contributed by atoms with Crippen molar-refractivity contribution in [2.24, 2.45) is 0 Å². The lowest BCUT2D eigenvalue weighted by Crippen LogP contribution is -2.48. The number of H-pyrrole nitrogens is 1. The number of rotatable bonds is 3. The van der Waals surface area contributed by atoms with Crippen LogP contribution < -0.4 is 10.7 Å². The first kappa shape index (κ1) is 12.2. The van der Waals surface area contributed by atoms with Crippen LogP contribution in [0.2, 0.25) is 0 Å². The van der Waals surface area contributed by atoms with Crippen LogP contribution in [0.4, 0.5) is 0 Å². The highest BCUT2D eigenvalue weighted by molar-refractivity contribution is 6.19. The molecule has 0 bridgehead atoms. The van der Waals surface area contributed by atoms with Crippen LogP contribution >= 0.6 is 11.6 Å². The van der Waals surface area contributed by atoms with Crippen molar-refractivity contribution in [1.82, 2.24) is 10.3 Å². The van der Waals surface area contributed by atoms with Gasteiger partial charge in [0.2, 0.25) is 0 Å². The molecule has 17 heavy (non-hydrogen) atoms. The highest BCUT2D eigenvalue weighted by atomic mass is 35.5. The van der Waals surface area contributed by atoms with E-state index in [1.54, 1.807) is 0 Å². The average molecular weight is 255 g/mol. The van der Waals surface area contributed by atoms with Crippen LogP contribution in [0, 0.1) is 0 Å². The lowest BCUT2D eigenvalue weighted by atomic mass is 10.00. The monoisotopic (exact) mass is 254 g/mol. The summed E-state index contributed by atoms with van der Waals surface area (Å²) in [6.07, 6.45) is 6.83. The molecule has 1 aliphatic carbocycles. The second-order valence-electron chi connectivity index (χ2n) is 4.50. The summed E-state index contributed by atoms with van der Waals surface area (Å²) in [5, 5.41) is 2.91. The molecule has 0 unspecified atom stereocenters. The van der Waals surface area contributed by atoms with Crippen molar-refractivity contribution < 1.29 is 4.79 Å². The number of carbonyl (C=O) groups is 1. The first-order chi connectivity index (χ1) is 8.17. The molecule has 0 spiro atoms. The van der Waals surface area contributed by atoms with Crippen molar-refractivity contribution in [3.8, 4) is 0 Å². The highest BCUT2D eigenvalue weighted by Gasteiger charge is 2.34. The summed E-state index contributed by atoms with van der Waals surface area (Å²) in [6.45, 7) is 0. The van der Waals surface area contributed by atoms with E-state index >= 15 is 0 Å². The Balaban J connectivity index is 2.17. The van der Waals surface area contributed by atoms with E-state index in [2.05, 4.69) is 10.3 Å². The minimum Gasteiger partial charge on any atom is -0.367 e. The average Bonchev–Trinajstić information content (AvgIpc) is 2.79. The van der Waals surface area contributed by atoms with E-state index in [4.69, 9.17) is 11.6 Å². The van der Waals surface area contributed by atoms with E-state index in [1.807, 2.05) is 0 Å². The summed E-state index contributed by atoms with van der Waals surface area (Å²) in [6, 6.07) is 1.34. The molecule has 5 heteroatoms. The summed E-state index contributed by atoms with van der Waals surface area (Å²) in [4.78, 5) is 26.3. The third-order valence-electron chi connectivity index (χ3n) is 3.26. The predicted octanol–water partition coefficient (Wildman–Crippen LogP) is 1.66. The first-order valence-electron chi connectivity index (χ1n) is 5.72. The molecule has 0 atom stereocenters. The van der Waals surface area contributed by atoms with E-state index < -0.39 is 0 Å². The van der Waals surface area contributed by atoms with Crippen LogP contribution in [-0.2, 0) is 0 Å². The van der Waals surface area contributed by atoms with E-state index in [0.717, 1.165) is 25.7 Å². The van der Waals surface area contributed by atoms with Crippen LogP contribution in [0.3, 0.4) is 0 Å². The molecule has 1 aliphatic rings. The molecule has 1 saturated carbocycles. The maximum Gasteiger partial charge on any atom is 0.257 e. The SMILES string of the molecule is O=C(NC1(CCl)CCCC1)c1c[nH]ccc1=O. The molecule has 1 amide bonds. The fraction of sp³-hybridized carbons (Fsp3) is 0.500. The number of amides is 1. The molecular formula is C12H15ClN2O2. The van der Waals surface area contributed by atoms with Gasteiger partial charge in [0.25, 0.3) is 5.91 Å². The Kier molecular flexibility index (Phi) is 3.52. The summed E-state index contributed by atoms with van der Waals surface area (Å²) < 4.78 is 0. The molecule has 0 radical (unpaired) electrons. The van der Waals surface area contributed by atoms with Gasteiger partial charge in [-0.05, 0) is 12.8 Å². The Morgan fingerprint density at radius 1 is 1.47 bits per heavy atom. The molecule has 1 fully saturated rings. The number of nitrogens with one attached hydrogen (secondary N) is 2. The molecular weight excluding hydrogens is 240 g/mol. The lowest BCUT2D eigenvalue weighted by molar-refractivity contribution is 0.0908. The normalized spacial score (nSPS) is 17.9. The van der Waals surface area contributed by atoms with Gasteiger partial charge in [0.1, 0.15) is 5.56 Å². The molecule has 92 valence electrons. The van der Waals surface area contributed by atoms with Gasteiger partial charge in [0.15, 0.2) is 5.43 Å². The maximum absolute atomic E-state index is 12.0. The van der Waals surface area contributed by atoms with Gasteiger partial charge in [-0.25, -0.2) is 0 Å². The van der Waals surface area contributed by atoms with E-state index in [1.165, 1.54) is 18.5 Å². The lowest BCUT2D eigenvalue weighted by Gasteiger charge is -2.27. The Bertz CT molecular complexity index is 464. The summed E-state index contributed by atoms with van der Waals surface area (Å²) >= 11 is 5.94. The molecule has 2 N–H and O–H groups in total. The molecule has 0 aromatic carbocycles. The zero-order valence-corrected chi connectivity index (χ0v) is 10.2. The molecule has 1 aromatic rings. The van der Waals surface area contributed by atoms with Crippen LogP contribution in [0.15, 0.2) is 23.3 Å². The third-order valence-corrected chi connectivity index (χ3v) is 3.78. The Labute approximate surface area is 104 Å². The number of hydrogen-bond acceptors (Lipinski definition) is 2. The summed E-state index contributed by atoms with van der Waals surface area (Å²) in [5.41, 5.74) is -0.464. The van der Waals surface area contributed by atoms with E-state index in [9.17, 15) is 9.59 Å². The predicted molar refractivity (Wildman–Crippen MR) is 66.4 cm³/mol. The Morgan fingerprint density at radius 2 is 2.18 bits per heavy atom. The van der Waals surface area contributed by atoms with Gasteiger partial charge in [-0.1, -0.05) is 12.8 Å². The molecule has 1 heterocycles. The molecule has 0 aliphatic heterocycles. The fourth-order valence-electron chi connectivity index (χ4n) is 2.25. The summed E-state index contributed by atoms with van der Waals surface area (Å²) in [5.74, 6) is 0.0538. The topological polar surface area (TPSA) is 62.0 Å². The number of alkyl halides is 1. The van der Waals surface area contributed by atoms with Gasteiger partial charge in [-0.2, -0.15) is 0 Å². The zero-order chi connectivity index (χ0) is 12.3. The van der Waals surface area contributed by atoms with Gasteiger partial charge >= 0.3 is 0 Å².